The van der Waals surface area contributed by atoms with Crippen LogP contribution in [0.4, 0.5) is 4.39 Å². The van der Waals surface area contributed by atoms with Gasteiger partial charge in [-0.15, -0.1) is 0 Å². The van der Waals surface area contributed by atoms with Gasteiger partial charge < -0.3 is 9.15 Å². The minimum absolute atomic E-state index is 0.199. The van der Waals surface area contributed by atoms with Gasteiger partial charge in [0.2, 0.25) is 5.89 Å². The number of oxazole rings is 1. The van der Waals surface area contributed by atoms with E-state index in [0.29, 0.717) is 11.9 Å². The van der Waals surface area contributed by atoms with E-state index in [1.165, 1.54) is 32.4 Å². The summed E-state index contributed by atoms with van der Waals surface area (Å²) in [6.07, 6.45) is 3.78. The first kappa shape index (κ1) is 16.0. The third kappa shape index (κ3) is 3.39. The standard InChI is InChI=1S/C18H23FN2O2/c1-12-6-4-5-9-21(12)11-16-13(2)23-18(20-16)14-7-8-15(19)17(10-14)22-3/h7-8,10,12H,4-6,9,11H2,1-3H3/t12-/m1/s1. The summed E-state index contributed by atoms with van der Waals surface area (Å²) in [7, 11) is 1.45. The highest BCUT2D eigenvalue weighted by molar-refractivity contribution is 5.56. The van der Waals surface area contributed by atoms with Crippen LogP contribution in [0.5, 0.6) is 5.75 Å². The molecule has 0 saturated carbocycles. The Morgan fingerprint density at radius 3 is 2.96 bits per heavy atom. The third-order valence-corrected chi connectivity index (χ3v) is 4.58. The third-order valence-electron chi connectivity index (χ3n) is 4.58. The highest BCUT2D eigenvalue weighted by Gasteiger charge is 2.21. The molecule has 1 aliphatic heterocycles. The number of likely N-dealkylation sites (tertiary alicyclic amines) is 1. The van der Waals surface area contributed by atoms with Gasteiger partial charge in [0.1, 0.15) is 5.76 Å². The monoisotopic (exact) mass is 318 g/mol. The van der Waals surface area contributed by atoms with Crippen molar-refractivity contribution in [3.8, 4) is 17.2 Å². The average molecular weight is 318 g/mol. The number of piperidine rings is 1. The molecule has 2 heterocycles. The maximum Gasteiger partial charge on any atom is 0.226 e. The van der Waals surface area contributed by atoms with E-state index in [2.05, 4.69) is 16.8 Å². The molecule has 5 heteroatoms. The molecule has 0 amide bonds. The van der Waals surface area contributed by atoms with Crippen molar-refractivity contribution in [2.75, 3.05) is 13.7 Å². The second kappa shape index (κ2) is 6.71. The SMILES string of the molecule is COc1cc(-c2nc(CN3CCCC[C@H]3C)c(C)o2)ccc1F. The Hall–Kier alpha value is -1.88. The first-order valence-electron chi connectivity index (χ1n) is 8.12. The van der Waals surface area contributed by atoms with E-state index in [1.807, 2.05) is 6.92 Å². The van der Waals surface area contributed by atoms with Crippen molar-refractivity contribution in [3.63, 3.8) is 0 Å². The fraction of sp³-hybridized carbons (Fsp3) is 0.500. The van der Waals surface area contributed by atoms with Gasteiger partial charge in [-0.2, -0.15) is 0 Å². The topological polar surface area (TPSA) is 38.5 Å². The molecule has 1 aromatic heterocycles. The van der Waals surface area contributed by atoms with Crippen LogP contribution in [0.2, 0.25) is 0 Å². The quantitative estimate of drug-likeness (QED) is 0.848. The zero-order valence-corrected chi connectivity index (χ0v) is 13.9. The number of benzene rings is 1. The molecule has 0 aliphatic carbocycles. The van der Waals surface area contributed by atoms with Crippen molar-refractivity contribution < 1.29 is 13.5 Å². The zero-order chi connectivity index (χ0) is 16.4. The van der Waals surface area contributed by atoms with Gasteiger partial charge in [0, 0.05) is 18.2 Å². The van der Waals surface area contributed by atoms with E-state index in [1.54, 1.807) is 12.1 Å². The molecule has 0 N–H and O–H groups in total. The van der Waals surface area contributed by atoms with Gasteiger partial charge in [0.15, 0.2) is 11.6 Å². The van der Waals surface area contributed by atoms with Crippen LogP contribution in [0, 0.1) is 12.7 Å². The summed E-state index contributed by atoms with van der Waals surface area (Å²) in [5.41, 5.74) is 1.68. The van der Waals surface area contributed by atoms with Crippen molar-refractivity contribution in [2.45, 2.75) is 45.7 Å². The second-order valence-corrected chi connectivity index (χ2v) is 6.19. The number of hydrogen-bond donors (Lipinski definition) is 0. The van der Waals surface area contributed by atoms with Crippen LogP contribution in [-0.4, -0.2) is 29.6 Å². The Morgan fingerprint density at radius 1 is 1.39 bits per heavy atom. The van der Waals surface area contributed by atoms with Gasteiger partial charge in [0.05, 0.1) is 12.8 Å². The molecule has 1 aromatic carbocycles. The van der Waals surface area contributed by atoms with Crippen molar-refractivity contribution in [2.24, 2.45) is 0 Å². The van der Waals surface area contributed by atoms with Crippen LogP contribution >= 0.6 is 0 Å². The summed E-state index contributed by atoms with van der Waals surface area (Å²) in [5.74, 6) is 1.15. The molecule has 0 unspecified atom stereocenters. The van der Waals surface area contributed by atoms with E-state index in [4.69, 9.17) is 9.15 Å². The van der Waals surface area contributed by atoms with Gasteiger partial charge in [-0.1, -0.05) is 6.42 Å². The summed E-state index contributed by atoms with van der Waals surface area (Å²) >= 11 is 0. The smallest absolute Gasteiger partial charge is 0.226 e. The molecular weight excluding hydrogens is 295 g/mol. The summed E-state index contributed by atoms with van der Waals surface area (Å²) in [5, 5.41) is 0. The van der Waals surface area contributed by atoms with E-state index < -0.39 is 0 Å². The molecule has 0 radical (unpaired) electrons. The summed E-state index contributed by atoms with van der Waals surface area (Å²) in [6.45, 7) is 6.10. The summed E-state index contributed by atoms with van der Waals surface area (Å²) < 4.78 is 24.4. The van der Waals surface area contributed by atoms with Crippen molar-refractivity contribution >= 4 is 0 Å². The molecule has 124 valence electrons. The van der Waals surface area contributed by atoms with Crippen LogP contribution in [0.1, 0.15) is 37.6 Å². The van der Waals surface area contributed by atoms with E-state index in [0.717, 1.165) is 30.1 Å². The molecule has 23 heavy (non-hydrogen) atoms. The molecule has 0 spiro atoms. The molecule has 4 nitrogen and oxygen atoms in total. The van der Waals surface area contributed by atoms with Gasteiger partial charge >= 0.3 is 0 Å². The van der Waals surface area contributed by atoms with E-state index >= 15 is 0 Å². The number of rotatable bonds is 4. The number of aromatic nitrogens is 1. The predicted octanol–water partition coefficient (Wildman–Crippen LogP) is 4.17. The minimum atomic E-state index is -0.387. The van der Waals surface area contributed by atoms with Crippen LogP contribution in [0.3, 0.4) is 0 Å². The molecular formula is C18H23FN2O2. The fourth-order valence-corrected chi connectivity index (χ4v) is 3.08. The van der Waals surface area contributed by atoms with Crippen LogP contribution in [0.25, 0.3) is 11.5 Å². The van der Waals surface area contributed by atoms with Crippen LogP contribution in [0.15, 0.2) is 22.6 Å². The Bertz CT molecular complexity index is 684. The molecule has 0 bridgehead atoms. The second-order valence-electron chi connectivity index (χ2n) is 6.19. The van der Waals surface area contributed by atoms with Crippen LogP contribution < -0.4 is 4.74 Å². The molecule has 1 aliphatic rings. The zero-order valence-electron chi connectivity index (χ0n) is 13.9. The first-order chi connectivity index (χ1) is 11.1. The molecule has 3 rings (SSSR count). The highest BCUT2D eigenvalue weighted by atomic mass is 19.1. The van der Waals surface area contributed by atoms with Gasteiger partial charge in [-0.05, 0) is 51.4 Å². The average Bonchev–Trinajstić information content (AvgIpc) is 2.91. The lowest BCUT2D eigenvalue weighted by molar-refractivity contribution is 0.150. The maximum absolute atomic E-state index is 13.5. The van der Waals surface area contributed by atoms with Crippen molar-refractivity contribution in [3.05, 3.63) is 35.5 Å². The molecule has 1 fully saturated rings. The number of nitrogens with zero attached hydrogens (tertiary/aromatic N) is 2. The normalized spacial score (nSPS) is 19.0. The van der Waals surface area contributed by atoms with Gasteiger partial charge in [0.25, 0.3) is 0 Å². The van der Waals surface area contributed by atoms with E-state index in [9.17, 15) is 4.39 Å². The summed E-state index contributed by atoms with van der Waals surface area (Å²) in [4.78, 5) is 7.08. The number of aryl methyl sites for hydroxylation is 1. The minimum Gasteiger partial charge on any atom is -0.494 e. The molecule has 2 aromatic rings. The first-order valence-corrected chi connectivity index (χ1v) is 8.12. The number of methoxy groups -OCH3 is 1. The Labute approximate surface area is 136 Å². The lowest BCUT2D eigenvalue weighted by Gasteiger charge is -2.32. The van der Waals surface area contributed by atoms with Gasteiger partial charge in [-0.3, -0.25) is 4.90 Å². The number of ether oxygens (including phenoxy) is 1. The van der Waals surface area contributed by atoms with Crippen molar-refractivity contribution in [1.29, 1.82) is 0 Å². The number of halogens is 1. The summed E-state index contributed by atoms with van der Waals surface area (Å²) in [6, 6.07) is 5.24. The highest BCUT2D eigenvalue weighted by Crippen LogP contribution is 2.28. The van der Waals surface area contributed by atoms with E-state index in [-0.39, 0.29) is 11.6 Å². The Kier molecular flexibility index (Phi) is 4.66. The number of hydrogen-bond acceptors (Lipinski definition) is 4. The predicted molar refractivity (Wildman–Crippen MR) is 86.9 cm³/mol. The Balaban J connectivity index is 1.83. The Morgan fingerprint density at radius 2 is 2.22 bits per heavy atom. The van der Waals surface area contributed by atoms with Gasteiger partial charge in [-0.25, -0.2) is 9.37 Å². The lowest BCUT2D eigenvalue weighted by Crippen LogP contribution is -2.37. The van der Waals surface area contributed by atoms with Crippen LogP contribution in [-0.2, 0) is 6.54 Å². The lowest BCUT2D eigenvalue weighted by atomic mass is 10.0. The largest absolute Gasteiger partial charge is 0.494 e. The maximum atomic E-state index is 13.5. The van der Waals surface area contributed by atoms with Crippen molar-refractivity contribution in [1.82, 2.24) is 9.88 Å². The molecule has 1 saturated heterocycles. The molecule has 1 atom stereocenters. The fourth-order valence-electron chi connectivity index (χ4n) is 3.08.